The lowest BCUT2D eigenvalue weighted by atomic mass is 10.1. The van der Waals surface area contributed by atoms with Gasteiger partial charge in [-0.25, -0.2) is 4.98 Å². The first-order chi connectivity index (χ1) is 13.6. The Hall–Kier alpha value is -2.97. The highest BCUT2D eigenvalue weighted by Crippen LogP contribution is 2.25. The van der Waals surface area contributed by atoms with Crippen LogP contribution in [0.1, 0.15) is 15.9 Å². The number of anilines is 1. The molecule has 140 valence electrons. The Morgan fingerprint density at radius 2 is 1.93 bits per heavy atom. The lowest BCUT2D eigenvalue weighted by molar-refractivity contribution is -0.125. The first kappa shape index (κ1) is 18.4. The number of carbonyl (C=O) groups is 3. The Morgan fingerprint density at radius 1 is 1.11 bits per heavy atom. The van der Waals surface area contributed by atoms with Crippen molar-refractivity contribution in [1.82, 2.24) is 9.88 Å². The van der Waals surface area contributed by atoms with Crippen LogP contribution in [0.15, 0.2) is 60.0 Å². The topological polar surface area (TPSA) is 79.4 Å². The second-order valence-corrected chi connectivity index (χ2v) is 7.88. The maximum atomic E-state index is 12.6. The maximum absolute atomic E-state index is 12.6. The van der Waals surface area contributed by atoms with E-state index in [1.807, 2.05) is 35.7 Å². The third kappa shape index (κ3) is 3.97. The molecule has 1 fully saturated rings. The second kappa shape index (κ2) is 7.95. The third-order valence-electron chi connectivity index (χ3n) is 4.16. The number of thioether (sulfide) groups is 1. The molecule has 2 heterocycles. The summed E-state index contributed by atoms with van der Waals surface area (Å²) in [7, 11) is 0. The highest BCUT2D eigenvalue weighted by molar-refractivity contribution is 8.14. The predicted molar refractivity (Wildman–Crippen MR) is 110 cm³/mol. The number of thiazole rings is 1. The summed E-state index contributed by atoms with van der Waals surface area (Å²) in [6.45, 7) is 0.168. The van der Waals surface area contributed by atoms with E-state index in [4.69, 9.17) is 0 Å². The Balaban J connectivity index is 1.46. The number of hydrogen-bond donors (Lipinski definition) is 1. The van der Waals surface area contributed by atoms with Crippen molar-refractivity contribution in [2.45, 2.75) is 6.54 Å². The van der Waals surface area contributed by atoms with Crippen molar-refractivity contribution in [2.24, 2.45) is 0 Å². The van der Waals surface area contributed by atoms with Crippen LogP contribution in [0.2, 0.25) is 0 Å². The van der Waals surface area contributed by atoms with Gasteiger partial charge in [-0.1, -0.05) is 54.2 Å². The number of aromatic nitrogens is 1. The quantitative estimate of drug-likeness (QED) is 0.681. The summed E-state index contributed by atoms with van der Waals surface area (Å²) >= 11 is 2.35. The number of amides is 3. The molecule has 3 amide bonds. The average molecular weight is 409 g/mol. The van der Waals surface area contributed by atoms with Gasteiger partial charge >= 0.3 is 0 Å². The van der Waals surface area contributed by atoms with Crippen molar-refractivity contribution in [2.75, 3.05) is 11.1 Å². The number of rotatable bonds is 5. The predicted octanol–water partition coefficient (Wildman–Crippen LogP) is 4.26. The lowest BCUT2D eigenvalue weighted by Crippen LogP contribution is -2.28. The van der Waals surface area contributed by atoms with Gasteiger partial charge in [0.15, 0.2) is 5.13 Å². The minimum absolute atomic E-state index is 0.168. The van der Waals surface area contributed by atoms with Crippen LogP contribution < -0.4 is 5.32 Å². The van der Waals surface area contributed by atoms with Crippen LogP contribution in [0.25, 0.3) is 11.3 Å². The van der Waals surface area contributed by atoms with Crippen molar-refractivity contribution >= 4 is 45.3 Å². The zero-order valence-electron chi connectivity index (χ0n) is 14.6. The van der Waals surface area contributed by atoms with Crippen LogP contribution >= 0.6 is 23.1 Å². The highest BCUT2D eigenvalue weighted by Gasteiger charge is 2.29. The van der Waals surface area contributed by atoms with Gasteiger partial charge in [-0.05, 0) is 17.7 Å². The van der Waals surface area contributed by atoms with Crippen molar-refractivity contribution in [3.63, 3.8) is 0 Å². The van der Waals surface area contributed by atoms with Gasteiger partial charge in [-0.3, -0.25) is 24.6 Å². The van der Waals surface area contributed by atoms with Gasteiger partial charge < -0.3 is 0 Å². The molecule has 6 nitrogen and oxygen atoms in total. The molecule has 0 radical (unpaired) electrons. The van der Waals surface area contributed by atoms with Gasteiger partial charge in [0, 0.05) is 16.5 Å². The summed E-state index contributed by atoms with van der Waals surface area (Å²) in [5.74, 6) is -0.322. The van der Waals surface area contributed by atoms with Crippen LogP contribution in [0.3, 0.4) is 0 Å². The molecule has 4 rings (SSSR count). The van der Waals surface area contributed by atoms with Crippen molar-refractivity contribution < 1.29 is 14.4 Å². The molecule has 28 heavy (non-hydrogen) atoms. The Kier molecular flexibility index (Phi) is 5.23. The molecular weight excluding hydrogens is 394 g/mol. The summed E-state index contributed by atoms with van der Waals surface area (Å²) < 4.78 is 0. The number of hydrogen-bond acceptors (Lipinski definition) is 6. The lowest BCUT2D eigenvalue weighted by Gasteiger charge is -2.13. The molecule has 3 aromatic rings. The van der Waals surface area contributed by atoms with E-state index in [1.165, 1.54) is 16.2 Å². The fraction of sp³-hybridized carbons (Fsp3) is 0.100. The maximum Gasteiger partial charge on any atom is 0.289 e. The smallest absolute Gasteiger partial charge is 0.289 e. The van der Waals surface area contributed by atoms with E-state index in [-0.39, 0.29) is 29.4 Å². The second-order valence-electron chi connectivity index (χ2n) is 6.09. The van der Waals surface area contributed by atoms with E-state index in [9.17, 15) is 14.4 Å². The highest BCUT2D eigenvalue weighted by atomic mass is 32.2. The number of nitrogens with zero attached hydrogens (tertiary/aromatic N) is 2. The molecule has 1 aliphatic rings. The Bertz CT molecular complexity index is 1030. The summed E-state index contributed by atoms with van der Waals surface area (Å²) in [5.41, 5.74) is 2.96. The fourth-order valence-corrected chi connectivity index (χ4v) is 4.21. The summed E-state index contributed by atoms with van der Waals surface area (Å²) in [4.78, 5) is 41.8. The van der Waals surface area contributed by atoms with Gasteiger partial charge in [0.1, 0.15) is 0 Å². The van der Waals surface area contributed by atoms with Gasteiger partial charge in [0.05, 0.1) is 18.0 Å². The number of benzene rings is 2. The van der Waals surface area contributed by atoms with Crippen molar-refractivity contribution in [3.05, 3.63) is 71.1 Å². The van der Waals surface area contributed by atoms with E-state index in [0.29, 0.717) is 10.7 Å². The molecule has 0 bridgehead atoms. The molecule has 1 N–H and O–H groups in total. The van der Waals surface area contributed by atoms with E-state index in [2.05, 4.69) is 10.3 Å². The summed E-state index contributed by atoms with van der Waals surface area (Å²) in [5, 5.41) is 4.95. The SMILES string of the molecule is O=C(Nc1nc(-c2ccccc2)cs1)c1cccc(CN2C(=O)CSC2=O)c1. The molecule has 0 aliphatic carbocycles. The zero-order chi connectivity index (χ0) is 19.5. The molecule has 0 atom stereocenters. The van der Waals surface area contributed by atoms with E-state index in [0.717, 1.165) is 28.6 Å². The normalized spacial score (nSPS) is 13.8. The van der Waals surface area contributed by atoms with Crippen LogP contribution in [0, 0.1) is 0 Å². The molecule has 1 saturated heterocycles. The molecule has 0 saturated carbocycles. The Morgan fingerprint density at radius 3 is 2.68 bits per heavy atom. The van der Waals surface area contributed by atoms with Crippen LogP contribution in [-0.4, -0.2) is 32.7 Å². The monoisotopic (exact) mass is 409 g/mol. The van der Waals surface area contributed by atoms with E-state index < -0.39 is 0 Å². The number of nitrogens with one attached hydrogen (secondary N) is 1. The first-order valence-corrected chi connectivity index (χ1v) is 10.3. The fourth-order valence-electron chi connectivity index (χ4n) is 2.77. The van der Waals surface area contributed by atoms with Crippen LogP contribution in [-0.2, 0) is 11.3 Å². The van der Waals surface area contributed by atoms with Crippen LogP contribution in [0.5, 0.6) is 0 Å². The molecule has 8 heteroatoms. The molecular formula is C20H15N3O3S2. The standard InChI is InChI=1S/C20H15N3O3S2/c24-17-12-28-20(26)23(17)10-13-5-4-8-15(9-13)18(25)22-19-21-16(11-27-19)14-6-2-1-3-7-14/h1-9,11H,10,12H2,(H,21,22,25). The zero-order valence-corrected chi connectivity index (χ0v) is 16.3. The average Bonchev–Trinajstić information content (AvgIpc) is 3.31. The van der Waals surface area contributed by atoms with E-state index >= 15 is 0 Å². The Labute approximate surface area is 169 Å². The summed E-state index contributed by atoms with van der Waals surface area (Å²) in [6.07, 6.45) is 0. The number of imide groups is 1. The van der Waals surface area contributed by atoms with Gasteiger partial charge in [0.25, 0.3) is 11.1 Å². The molecule has 0 unspecified atom stereocenters. The number of carbonyl (C=O) groups excluding carboxylic acids is 3. The van der Waals surface area contributed by atoms with Gasteiger partial charge in [-0.15, -0.1) is 11.3 Å². The van der Waals surface area contributed by atoms with E-state index in [1.54, 1.807) is 24.3 Å². The molecule has 1 aromatic heterocycles. The van der Waals surface area contributed by atoms with Gasteiger partial charge in [0.2, 0.25) is 5.91 Å². The molecule has 2 aromatic carbocycles. The van der Waals surface area contributed by atoms with Crippen molar-refractivity contribution in [3.8, 4) is 11.3 Å². The van der Waals surface area contributed by atoms with Gasteiger partial charge in [-0.2, -0.15) is 0 Å². The van der Waals surface area contributed by atoms with Crippen LogP contribution in [0.4, 0.5) is 9.93 Å². The minimum Gasteiger partial charge on any atom is -0.298 e. The minimum atomic E-state index is -0.288. The molecule has 1 aliphatic heterocycles. The first-order valence-electron chi connectivity index (χ1n) is 8.48. The molecule has 0 spiro atoms. The summed E-state index contributed by atoms with van der Waals surface area (Å²) in [6, 6.07) is 16.6. The van der Waals surface area contributed by atoms with Crippen molar-refractivity contribution in [1.29, 1.82) is 0 Å². The third-order valence-corrected chi connectivity index (χ3v) is 5.78. The largest absolute Gasteiger partial charge is 0.298 e.